The average Bonchev–Trinajstić information content (AvgIpc) is 2.60. The minimum Gasteiger partial charge on any atom is -0.311 e. The molecule has 0 radical (unpaired) electrons. The molecule has 74 valence electrons. The first kappa shape index (κ1) is 8.86. The van der Waals surface area contributed by atoms with Crippen molar-refractivity contribution in [2.75, 3.05) is 0 Å². The van der Waals surface area contributed by atoms with Gasteiger partial charge in [-0.25, -0.2) is 9.67 Å². The van der Waals surface area contributed by atoms with E-state index in [0.29, 0.717) is 11.2 Å². The zero-order chi connectivity index (χ0) is 9.97. The van der Waals surface area contributed by atoms with E-state index in [4.69, 9.17) is 0 Å². The number of aromatic amines is 1. The maximum atomic E-state index is 11.3. The van der Waals surface area contributed by atoms with E-state index < -0.39 is 0 Å². The molecule has 14 heavy (non-hydrogen) atoms. The van der Waals surface area contributed by atoms with Gasteiger partial charge in [-0.2, -0.15) is 0 Å². The molecule has 0 bridgehead atoms. The third-order valence-corrected chi connectivity index (χ3v) is 2.03. The van der Waals surface area contributed by atoms with Crippen LogP contribution in [-0.4, -0.2) is 25.0 Å². The lowest BCUT2D eigenvalue weighted by Crippen LogP contribution is -2.07. The largest absolute Gasteiger partial charge is 0.311 e. The van der Waals surface area contributed by atoms with Gasteiger partial charge in [-0.3, -0.25) is 4.79 Å². The first-order valence-electron chi connectivity index (χ1n) is 4.60. The molecule has 6 nitrogen and oxygen atoms in total. The summed E-state index contributed by atoms with van der Waals surface area (Å²) in [5.41, 5.74) is 0.628. The third kappa shape index (κ3) is 1.39. The van der Waals surface area contributed by atoms with Crippen molar-refractivity contribution in [3.8, 4) is 0 Å². The van der Waals surface area contributed by atoms with Gasteiger partial charge < -0.3 is 4.98 Å². The second-order valence-corrected chi connectivity index (χ2v) is 3.07. The van der Waals surface area contributed by atoms with E-state index in [9.17, 15) is 4.79 Å². The fourth-order valence-corrected chi connectivity index (χ4v) is 1.26. The molecule has 0 amide bonds. The number of aryl methyl sites for hydroxylation is 1. The predicted octanol–water partition coefficient (Wildman–Crippen LogP) is 0.315. The van der Waals surface area contributed by atoms with Crippen molar-refractivity contribution in [2.45, 2.75) is 26.3 Å². The summed E-state index contributed by atoms with van der Waals surface area (Å²) >= 11 is 0. The summed E-state index contributed by atoms with van der Waals surface area (Å²) in [5, 5.41) is 7.66. The van der Waals surface area contributed by atoms with Crippen molar-refractivity contribution >= 4 is 11.2 Å². The highest BCUT2D eigenvalue weighted by Gasteiger charge is 2.07. The van der Waals surface area contributed by atoms with Crippen molar-refractivity contribution in [3.05, 3.63) is 16.7 Å². The van der Waals surface area contributed by atoms with Crippen LogP contribution < -0.4 is 5.56 Å². The van der Waals surface area contributed by atoms with Gasteiger partial charge in [-0.05, 0) is 6.42 Å². The van der Waals surface area contributed by atoms with Gasteiger partial charge in [-0.15, -0.1) is 5.10 Å². The van der Waals surface area contributed by atoms with Gasteiger partial charge in [0.15, 0.2) is 11.2 Å². The quantitative estimate of drug-likeness (QED) is 0.761. The lowest BCUT2D eigenvalue weighted by atomic mass is 10.3. The van der Waals surface area contributed by atoms with E-state index in [1.165, 1.54) is 6.33 Å². The Balaban J connectivity index is 2.47. The van der Waals surface area contributed by atoms with Gasteiger partial charge in [0.25, 0.3) is 5.56 Å². The Kier molecular flexibility index (Phi) is 2.26. The Hall–Kier alpha value is -1.72. The SMILES string of the molecule is CCCCn1nnc2c(=O)[nH]cnc21. The number of rotatable bonds is 3. The number of nitrogens with one attached hydrogen (secondary N) is 1. The second kappa shape index (κ2) is 3.57. The molecular formula is C8H11N5O. The second-order valence-electron chi connectivity index (χ2n) is 3.07. The van der Waals surface area contributed by atoms with E-state index >= 15 is 0 Å². The number of aromatic nitrogens is 5. The van der Waals surface area contributed by atoms with Crippen molar-refractivity contribution in [3.63, 3.8) is 0 Å². The highest BCUT2D eigenvalue weighted by atomic mass is 16.1. The van der Waals surface area contributed by atoms with Crippen LogP contribution in [0.3, 0.4) is 0 Å². The lowest BCUT2D eigenvalue weighted by molar-refractivity contribution is 0.564. The van der Waals surface area contributed by atoms with Crippen LogP contribution in [-0.2, 0) is 6.54 Å². The molecule has 0 atom stereocenters. The van der Waals surface area contributed by atoms with Crippen molar-refractivity contribution in [1.82, 2.24) is 25.0 Å². The summed E-state index contributed by atoms with van der Waals surface area (Å²) in [6.45, 7) is 2.85. The summed E-state index contributed by atoms with van der Waals surface area (Å²) in [6.07, 6.45) is 3.45. The normalized spacial score (nSPS) is 10.9. The summed E-state index contributed by atoms with van der Waals surface area (Å²) in [6, 6.07) is 0. The number of H-pyrrole nitrogens is 1. The molecule has 0 aromatic carbocycles. The van der Waals surface area contributed by atoms with Crippen LogP contribution >= 0.6 is 0 Å². The predicted molar refractivity (Wildman–Crippen MR) is 50.9 cm³/mol. The molecule has 1 N–H and O–H groups in total. The highest BCUT2D eigenvalue weighted by Crippen LogP contribution is 2.02. The highest BCUT2D eigenvalue weighted by molar-refractivity contribution is 5.67. The van der Waals surface area contributed by atoms with Crippen LogP contribution in [0.2, 0.25) is 0 Å². The first-order valence-corrected chi connectivity index (χ1v) is 4.60. The van der Waals surface area contributed by atoms with Crippen LogP contribution in [0.25, 0.3) is 11.2 Å². The van der Waals surface area contributed by atoms with E-state index in [1.807, 2.05) is 0 Å². The maximum absolute atomic E-state index is 11.3. The number of nitrogens with zero attached hydrogens (tertiary/aromatic N) is 4. The summed E-state index contributed by atoms with van der Waals surface area (Å²) in [5.74, 6) is 0. The van der Waals surface area contributed by atoms with Crippen molar-refractivity contribution < 1.29 is 0 Å². The molecule has 2 aromatic heterocycles. The van der Waals surface area contributed by atoms with Crippen LogP contribution in [0.5, 0.6) is 0 Å². The molecule has 2 aromatic rings. The van der Waals surface area contributed by atoms with E-state index in [2.05, 4.69) is 27.2 Å². The minimum atomic E-state index is -0.238. The van der Waals surface area contributed by atoms with Crippen molar-refractivity contribution in [2.24, 2.45) is 0 Å². The van der Waals surface area contributed by atoms with E-state index in [0.717, 1.165) is 19.4 Å². The fraction of sp³-hybridized carbons (Fsp3) is 0.500. The molecule has 0 saturated heterocycles. The summed E-state index contributed by atoms with van der Waals surface area (Å²) in [7, 11) is 0. The molecule has 6 heteroatoms. The van der Waals surface area contributed by atoms with Gasteiger partial charge in [0.05, 0.1) is 6.33 Å². The Bertz CT molecular complexity index is 486. The number of unbranched alkanes of at least 4 members (excludes halogenated alkanes) is 1. The monoisotopic (exact) mass is 193 g/mol. The van der Waals surface area contributed by atoms with Gasteiger partial charge in [0.2, 0.25) is 0 Å². The smallest absolute Gasteiger partial charge is 0.280 e. The molecule has 0 unspecified atom stereocenters. The summed E-state index contributed by atoms with van der Waals surface area (Å²) in [4.78, 5) is 17.8. The van der Waals surface area contributed by atoms with Crippen LogP contribution in [0.1, 0.15) is 19.8 Å². The molecule has 0 saturated carbocycles. The van der Waals surface area contributed by atoms with Crippen LogP contribution in [0.15, 0.2) is 11.1 Å². The third-order valence-electron chi connectivity index (χ3n) is 2.03. The Labute approximate surface area is 80.0 Å². The Morgan fingerprint density at radius 2 is 2.43 bits per heavy atom. The lowest BCUT2D eigenvalue weighted by Gasteiger charge is -1.97. The van der Waals surface area contributed by atoms with Crippen LogP contribution in [0, 0.1) is 0 Å². The zero-order valence-electron chi connectivity index (χ0n) is 7.90. The number of hydrogen-bond acceptors (Lipinski definition) is 4. The fourth-order valence-electron chi connectivity index (χ4n) is 1.26. The first-order chi connectivity index (χ1) is 6.83. The number of fused-ring (bicyclic) bond motifs is 1. The van der Waals surface area contributed by atoms with Gasteiger partial charge >= 0.3 is 0 Å². The van der Waals surface area contributed by atoms with E-state index in [1.54, 1.807) is 4.68 Å². The number of hydrogen-bond donors (Lipinski definition) is 1. The molecule has 2 heterocycles. The van der Waals surface area contributed by atoms with Crippen molar-refractivity contribution in [1.29, 1.82) is 0 Å². The Morgan fingerprint density at radius 1 is 1.57 bits per heavy atom. The topological polar surface area (TPSA) is 76.5 Å². The van der Waals surface area contributed by atoms with Gasteiger partial charge in [0.1, 0.15) is 0 Å². The maximum Gasteiger partial charge on any atom is 0.280 e. The molecule has 0 fully saturated rings. The average molecular weight is 193 g/mol. The van der Waals surface area contributed by atoms with E-state index in [-0.39, 0.29) is 5.56 Å². The molecule has 0 spiro atoms. The molecule has 0 aliphatic carbocycles. The van der Waals surface area contributed by atoms with Gasteiger partial charge in [-0.1, -0.05) is 18.6 Å². The zero-order valence-corrected chi connectivity index (χ0v) is 7.90. The summed E-state index contributed by atoms with van der Waals surface area (Å²) < 4.78 is 1.66. The molecular weight excluding hydrogens is 182 g/mol. The standard InChI is InChI=1S/C8H11N5O/c1-2-3-4-13-7-6(11-12-13)8(14)10-5-9-7/h5H,2-4H2,1H3,(H,9,10,14). The molecule has 0 aliphatic rings. The molecule has 0 aliphatic heterocycles. The van der Waals surface area contributed by atoms with Gasteiger partial charge in [0, 0.05) is 6.54 Å². The van der Waals surface area contributed by atoms with Crippen LogP contribution in [0.4, 0.5) is 0 Å². The molecule has 2 rings (SSSR count). The minimum absolute atomic E-state index is 0.238. The Morgan fingerprint density at radius 3 is 3.21 bits per heavy atom.